The summed E-state index contributed by atoms with van der Waals surface area (Å²) >= 11 is 0. The molecule has 1 aliphatic carbocycles. The molecule has 0 bridgehead atoms. The second-order valence-electron chi connectivity index (χ2n) is 20.3. The molecular formula is C61H77N3O6. The van der Waals surface area contributed by atoms with Gasteiger partial charge in [0, 0.05) is 75.7 Å². The van der Waals surface area contributed by atoms with Gasteiger partial charge in [0.25, 0.3) is 0 Å². The fourth-order valence-electron chi connectivity index (χ4n) is 10.4. The van der Waals surface area contributed by atoms with Gasteiger partial charge in [-0.1, -0.05) is 105 Å². The number of hydrogen-bond acceptors (Lipinski definition) is 7. The van der Waals surface area contributed by atoms with Crippen LogP contribution in [-0.2, 0) is 15.6 Å². The number of Topliss-reactive ketones (excluding diaryl/α,β-unsaturated/α-hetero) is 1. The molecule has 9 nitrogen and oxygen atoms in total. The Morgan fingerprint density at radius 2 is 1.20 bits per heavy atom. The van der Waals surface area contributed by atoms with Crippen molar-refractivity contribution in [2.45, 2.75) is 156 Å². The summed E-state index contributed by atoms with van der Waals surface area (Å²) in [5, 5.41) is 24.2. The average Bonchev–Trinajstić information content (AvgIpc) is 3.70. The van der Waals surface area contributed by atoms with Crippen molar-refractivity contribution in [2.24, 2.45) is 0 Å². The van der Waals surface area contributed by atoms with Gasteiger partial charge in [0.05, 0.1) is 24.2 Å². The molecule has 0 unspecified atom stereocenters. The standard InChI is InChI=1S/C61H77N3O6/c1-9-13-16-19-20-21-36-63-54-34-24-43(59(67)68)39-51(54)60(5,6)56(63)42-50-57(65)49(58(50)66)41-55-61(7,8)52-40-46(29-35-53(52)62(55)12-4)64(44-25-30-47(31-26-44)69-37-22-17-14-10-2)45-27-32-48(33-28-45)70-38-23-18-15-11-3/h24-35,39-42H,9-23,36-38H2,1-8H3,(H-,65,66,67,68). The van der Waals surface area contributed by atoms with Gasteiger partial charge in [-0.2, -0.15) is 4.58 Å². The van der Waals surface area contributed by atoms with Crippen LogP contribution in [0.1, 0.15) is 167 Å². The number of hydrogen-bond donors (Lipinski definition) is 1. The Balaban J connectivity index is 1.20. The van der Waals surface area contributed by atoms with E-state index in [-0.39, 0.29) is 28.3 Å². The Bertz CT molecular complexity index is 2560. The highest BCUT2D eigenvalue weighted by molar-refractivity contribution is 6.24. The van der Waals surface area contributed by atoms with Crippen molar-refractivity contribution in [1.82, 2.24) is 0 Å². The van der Waals surface area contributed by atoms with E-state index in [0.717, 1.165) is 107 Å². The van der Waals surface area contributed by atoms with Gasteiger partial charge >= 0.3 is 5.97 Å². The summed E-state index contributed by atoms with van der Waals surface area (Å²) in [5.41, 5.74) is 8.08. The van der Waals surface area contributed by atoms with Gasteiger partial charge in [0.1, 0.15) is 18.0 Å². The van der Waals surface area contributed by atoms with Crippen molar-refractivity contribution in [3.63, 3.8) is 0 Å². The molecule has 3 aliphatic rings. The van der Waals surface area contributed by atoms with Gasteiger partial charge in [0.2, 0.25) is 5.69 Å². The van der Waals surface area contributed by atoms with Crippen molar-refractivity contribution in [1.29, 1.82) is 0 Å². The van der Waals surface area contributed by atoms with Crippen LogP contribution >= 0.6 is 0 Å². The van der Waals surface area contributed by atoms with Crippen LogP contribution in [0, 0.1) is 0 Å². The third-order valence-corrected chi connectivity index (χ3v) is 14.6. The summed E-state index contributed by atoms with van der Waals surface area (Å²) < 4.78 is 14.5. The van der Waals surface area contributed by atoms with E-state index in [2.05, 4.69) is 112 Å². The minimum absolute atomic E-state index is 0.171. The first-order valence-electron chi connectivity index (χ1n) is 26.4. The fraction of sp³-hybridized carbons (Fsp3) is 0.459. The Kier molecular flexibility index (Phi) is 17.2. The van der Waals surface area contributed by atoms with Gasteiger partial charge in [-0.3, -0.25) is 4.79 Å². The van der Waals surface area contributed by atoms with Crippen LogP contribution in [0.2, 0.25) is 0 Å². The molecule has 0 aromatic heterocycles. The van der Waals surface area contributed by atoms with E-state index in [4.69, 9.17) is 9.47 Å². The summed E-state index contributed by atoms with van der Waals surface area (Å²) in [6, 6.07) is 28.5. The van der Waals surface area contributed by atoms with Crippen LogP contribution in [0.3, 0.4) is 0 Å². The summed E-state index contributed by atoms with van der Waals surface area (Å²) in [6.45, 7) is 20.0. The number of likely N-dealkylation sites (N-methyl/N-ethyl adjacent to an activating group) is 1. The lowest BCUT2D eigenvalue weighted by molar-refractivity contribution is -0.438. The van der Waals surface area contributed by atoms with E-state index >= 15 is 0 Å². The van der Waals surface area contributed by atoms with Gasteiger partial charge in [0.15, 0.2) is 11.5 Å². The zero-order valence-electron chi connectivity index (χ0n) is 43.3. The van der Waals surface area contributed by atoms with E-state index in [1.807, 2.05) is 36.4 Å². The predicted octanol–water partition coefficient (Wildman–Crippen LogP) is 14.3. The molecule has 372 valence electrons. The second kappa shape index (κ2) is 23.2. The van der Waals surface area contributed by atoms with Crippen LogP contribution < -0.4 is 24.4 Å². The third kappa shape index (κ3) is 11.1. The molecule has 4 aromatic carbocycles. The molecule has 9 heteroatoms. The number of allylic oxidation sites excluding steroid dienone is 5. The topological polar surface area (TPSA) is 105 Å². The number of anilines is 4. The van der Waals surface area contributed by atoms with Crippen molar-refractivity contribution in [3.05, 3.63) is 136 Å². The maximum Gasteiger partial charge on any atom is 0.335 e. The molecule has 4 aromatic rings. The summed E-state index contributed by atoms with van der Waals surface area (Å²) in [6.07, 6.45) is 19.6. The fourth-order valence-corrected chi connectivity index (χ4v) is 10.4. The maximum atomic E-state index is 14.3. The van der Waals surface area contributed by atoms with Crippen molar-refractivity contribution >= 4 is 45.9 Å². The highest BCUT2D eigenvalue weighted by Gasteiger charge is 2.47. The maximum absolute atomic E-state index is 14.3. The molecule has 0 atom stereocenters. The number of rotatable bonds is 26. The van der Waals surface area contributed by atoms with E-state index < -0.39 is 16.8 Å². The van der Waals surface area contributed by atoms with E-state index in [0.29, 0.717) is 26.3 Å². The zero-order chi connectivity index (χ0) is 50.0. The minimum atomic E-state index is -0.982. The lowest BCUT2D eigenvalue weighted by Crippen LogP contribution is -2.35. The first-order valence-corrected chi connectivity index (χ1v) is 26.4. The number of carboxylic acids is 1. The molecular weight excluding hydrogens is 871 g/mol. The number of nitrogens with zero attached hydrogens (tertiary/aromatic N) is 3. The Labute approximate surface area is 418 Å². The average molecular weight is 948 g/mol. The molecule has 0 fully saturated rings. The largest absolute Gasteiger partial charge is 0.871 e. The number of benzene rings is 4. The number of fused-ring (bicyclic) bond motifs is 2. The third-order valence-electron chi connectivity index (χ3n) is 14.6. The highest BCUT2D eigenvalue weighted by atomic mass is 16.5. The van der Waals surface area contributed by atoms with E-state index in [9.17, 15) is 19.8 Å². The molecule has 0 saturated heterocycles. The number of aromatic carboxylic acids is 1. The number of ether oxygens (including phenoxy) is 2. The van der Waals surface area contributed by atoms with Crippen molar-refractivity contribution in [2.75, 3.05) is 36.1 Å². The molecule has 7 rings (SSSR count). The normalized spacial score (nSPS) is 16.8. The molecule has 1 N–H and O–H groups in total. The predicted molar refractivity (Wildman–Crippen MR) is 284 cm³/mol. The van der Waals surface area contributed by atoms with Gasteiger partial charge in [-0.15, -0.1) is 0 Å². The number of carboxylic acid groups (broad SMARTS) is 1. The van der Waals surface area contributed by atoms with Crippen molar-refractivity contribution < 1.29 is 33.9 Å². The van der Waals surface area contributed by atoms with Gasteiger partial charge < -0.3 is 29.5 Å². The van der Waals surface area contributed by atoms with Crippen LogP contribution in [0.15, 0.2) is 120 Å². The molecule has 2 heterocycles. The quantitative estimate of drug-likeness (QED) is 0.0377. The minimum Gasteiger partial charge on any atom is -0.871 e. The van der Waals surface area contributed by atoms with Crippen molar-refractivity contribution in [3.8, 4) is 11.5 Å². The number of ketones is 1. The first-order chi connectivity index (χ1) is 33.8. The summed E-state index contributed by atoms with van der Waals surface area (Å²) in [5.74, 6) is 0.185. The SMILES string of the molecule is CCCCCCCC[N+]1=C(/C=C2/C(=O)C(/C=C3/N(CC)c4ccc(N(c5ccc(OCCCCCC)cc5)c5ccc(OCCCCCC)cc5)cc4C3(C)C)=C2[O-])C(C)(C)c2cc(C(=O)O)ccc21. The Hall–Kier alpha value is -6.09. The summed E-state index contributed by atoms with van der Waals surface area (Å²) in [7, 11) is 0. The highest BCUT2D eigenvalue weighted by Crippen LogP contribution is 2.51. The number of carbonyl (C=O) groups excluding carboxylic acids is 1. The molecule has 0 spiro atoms. The molecule has 70 heavy (non-hydrogen) atoms. The van der Waals surface area contributed by atoms with Crippen LogP contribution in [0.5, 0.6) is 11.5 Å². The van der Waals surface area contributed by atoms with Gasteiger partial charge in [-0.05, 0) is 131 Å². The second-order valence-corrected chi connectivity index (χ2v) is 20.3. The number of unbranched alkanes of at least 4 members (excludes halogenated alkanes) is 11. The lowest BCUT2D eigenvalue weighted by atomic mass is 9.77. The Morgan fingerprint density at radius 1 is 0.657 bits per heavy atom. The lowest BCUT2D eigenvalue weighted by Gasteiger charge is -2.32. The molecule has 0 radical (unpaired) electrons. The monoisotopic (exact) mass is 948 g/mol. The molecule has 2 aliphatic heterocycles. The zero-order valence-corrected chi connectivity index (χ0v) is 43.3. The van der Waals surface area contributed by atoms with Crippen LogP contribution in [0.4, 0.5) is 28.4 Å². The van der Waals surface area contributed by atoms with Crippen LogP contribution in [0.25, 0.3) is 0 Å². The summed E-state index contributed by atoms with van der Waals surface area (Å²) in [4.78, 5) is 30.9. The van der Waals surface area contributed by atoms with Crippen LogP contribution in [-0.4, -0.2) is 53.4 Å². The smallest absolute Gasteiger partial charge is 0.335 e. The van der Waals surface area contributed by atoms with Gasteiger partial charge in [-0.25, -0.2) is 4.79 Å². The molecule has 0 saturated carbocycles. The Morgan fingerprint density at radius 3 is 1.74 bits per heavy atom. The first kappa shape index (κ1) is 51.8. The molecule has 0 amide bonds. The van der Waals surface area contributed by atoms with E-state index in [1.165, 1.54) is 44.9 Å². The number of carbonyl (C=O) groups is 2. The van der Waals surface area contributed by atoms with E-state index in [1.54, 1.807) is 18.2 Å².